The molecule has 0 unspecified atom stereocenters. The second kappa shape index (κ2) is 4.96. The summed E-state index contributed by atoms with van der Waals surface area (Å²) in [5, 5.41) is 15.6. The van der Waals surface area contributed by atoms with Crippen LogP contribution in [0.3, 0.4) is 0 Å². The number of benzene rings is 1. The first-order valence-electron chi connectivity index (χ1n) is 5.33. The summed E-state index contributed by atoms with van der Waals surface area (Å²) in [6, 6.07) is 9.16. The highest BCUT2D eigenvalue weighted by atomic mass is 16.4. The van der Waals surface area contributed by atoms with E-state index < -0.39 is 6.09 Å². The number of para-hydroxylation sites is 1. The lowest BCUT2D eigenvalue weighted by Gasteiger charge is -2.35. The maximum Gasteiger partial charge on any atom is 0.426 e. The third-order valence-electron chi connectivity index (χ3n) is 2.56. The Kier molecular flexibility index (Phi) is 3.38. The van der Waals surface area contributed by atoms with Crippen LogP contribution in [0, 0.1) is 0 Å². The molecule has 5 nitrogen and oxygen atoms in total. The van der Waals surface area contributed by atoms with Gasteiger partial charge in [-0.1, -0.05) is 18.2 Å². The van der Waals surface area contributed by atoms with Crippen LogP contribution in [0.2, 0.25) is 0 Å². The fourth-order valence-corrected chi connectivity index (χ4v) is 1.82. The monoisotopic (exact) mass is 221 g/mol. The molecule has 0 spiro atoms. The number of nitrogens with one attached hydrogen (secondary N) is 1. The average Bonchev–Trinajstić information content (AvgIpc) is 2.31. The molecule has 5 heteroatoms. The van der Waals surface area contributed by atoms with E-state index in [9.17, 15) is 9.90 Å². The first-order chi connectivity index (χ1) is 7.79. The number of piperazine rings is 1. The predicted octanol–water partition coefficient (Wildman–Crippen LogP) is 0.991. The fraction of sp³-hybridized carbons (Fsp3) is 0.364. The largest absolute Gasteiger partial charge is 0.464 e. The van der Waals surface area contributed by atoms with Crippen LogP contribution in [0.4, 0.5) is 10.5 Å². The van der Waals surface area contributed by atoms with Crippen LogP contribution in [-0.2, 0) is 0 Å². The molecule has 16 heavy (non-hydrogen) atoms. The number of amides is 1. The topological polar surface area (TPSA) is 55.8 Å². The molecule has 86 valence electrons. The summed E-state index contributed by atoms with van der Waals surface area (Å²) < 4.78 is 0. The Labute approximate surface area is 94.2 Å². The van der Waals surface area contributed by atoms with Crippen LogP contribution < -0.4 is 10.3 Å². The standard InChI is InChI=1S/C11H15N3O2/c15-11(16)14(10-4-2-1-3-5-10)13-8-6-12-7-9-13/h1-5,12H,6-9H2,(H,15,16). The molecule has 0 aromatic heterocycles. The normalized spacial score (nSPS) is 17.0. The van der Waals surface area contributed by atoms with Crippen molar-refractivity contribution in [2.24, 2.45) is 0 Å². The van der Waals surface area contributed by atoms with Gasteiger partial charge in [0, 0.05) is 26.2 Å². The number of carbonyl (C=O) groups is 1. The maximum absolute atomic E-state index is 11.3. The van der Waals surface area contributed by atoms with Gasteiger partial charge in [0.2, 0.25) is 0 Å². The molecule has 0 radical (unpaired) electrons. The van der Waals surface area contributed by atoms with E-state index in [0.717, 1.165) is 13.1 Å². The molecule has 2 N–H and O–H groups in total. The van der Waals surface area contributed by atoms with Crippen LogP contribution in [0.5, 0.6) is 0 Å². The lowest BCUT2D eigenvalue weighted by atomic mass is 10.3. The number of hydrogen-bond acceptors (Lipinski definition) is 3. The minimum Gasteiger partial charge on any atom is -0.464 e. The van der Waals surface area contributed by atoms with Gasteiger partial charge in [-0.3, -0.25) is 0 Å². The van der Waals surface area contributed by atoms with Crippen LogP contribution in [0.25, 0.3) is 0 Å². The van der Waals surface area contributed by atoms with E-state index in [1.807, 2.05) is 23.2 Å². The van der Waals surface area contributed by atoms with E-state index in [0.29, 0.717) is 18.8 Å². The lowest BCUT2D eigenvalue weighted by Crippen LogP contribution is -2.54. The van der Waals surface area contributed by atoms with Gasteiger partial charge in [0.1, 0.15) is 0 Å². The predicted molar refractivity (Wildman–Crippen MR) is 61.4 cm³/mol. The molecule has 1 fully saturated rings. The molecule has 1 aliphatic heterocycles. The van der Waals surface area contributed by atoms with Crippen molar-refractivity contribution in [2.75, 3.05) is 31.2 Å². The van der Waals surface area contributed by atoms with Gasteiger partial charge in [-0.25, -0.2) is 14.8 Å². The highest BCUT2D eigenvalue weighted by Gasteiger charge is 2.23. The van der Waals surface area contributed by atoms with Crippen molar-refractivity contribution in [1.29, 1.82) is 0 Å². The van der Waals surface area contributed by atoms with E-state index in [-0.39, 0.29) is 0 Å². The molecule has 0 saturated carbocycles. The van der Waals surface area contributed by atoms with E-state index >= 15 is 0 Å². The summed E-state index contributed by atoms with van der Waals surface area (Å²) in [6.07, 6.45) is -0.937. The van der Waals surface area contributed by atoms with Gasteiger partial charge in [0.05, 0.1) is 5.69 Å². The Morgan fingerprint density at radius 3 is 2.44 bits per heavy atom. The van der Waals surface area contributed by atoms with Crippen LogP contribution in [0.1, 0.15) is 0 Å². The fourth-order valence-electron chi connectivity index (χ4n) is 1.82. The number of nitrogens with zero attached hydrogens (tertiary/aromatic N) is 2. The second-order valence-electron chi connectivity index (χ2n) is 3.63. The van der Waals surface area contributed by atoms with Crippen molar-refractivity contribution in [3.63, 3.8) is 0 Å². The molecule has 2 rings (SSSR count). The SMILES string of the molecule is O=C(O)N(c1ccccc1)N1CCNCC1. The smallest absolute Gasteiger partial charge is 0.426 e. The molecule has 1 heterocycles. The van der Waals surface area contributed by atoms with Gasteiger partial charge >= 0.3 is 6.09 Å². The third kappa shape index (κ3) is 2.32. The van der Waals surface area contributed by atoms with Gasteiger partial charge in [0.25, 0.3) is 0 Å². The van der Waals surface area contributed by atoms with Crippen molar-refractivity contribution in [1.82, 2.24) is 10.3 Å². The van der Waals surface area contributed by atoms with Crippen molar-refractivity contribution in [2.45, 2.75) is 0 Å². The molecule has 1 aromatic rings. The van der Waals surface area contributed by atoms with Crippen LogP contribution >= 0.6 is 0 Å². The Morgan fingerprint density at radius 1 is 1.25 bits per heavy atom. The number of anilines is 1. The molecule has 1 amide bonds. The zero-order valence-corrected chi connectivity index (χ0v) is 8.97. The number of hydrogen-bond donors (Lipinski definition) is 2. The van der Waals surface area contributed by atoms with Crippen molar-refractivity contribution in [3.8, 4) is 0 Å². The van der Waals surface area contributed by atoms with E-state index in [4.69, 9.17) is 0 Å². The Hall–Kier alpha value is -1.59. The summed E-state index contributed by atoms with van der Waals surface area (Å²) in [5.74, 6) is 0. The number of carboxylic acid groups (broad SMARTS) is 1. The molecule has 1 aliphatic rings. The summed E-state index contributed by atoms with van der Waals surface area (Å²) >= 11 is 0. The van der Waals surface area contributed by atoms with Crippen LogP contribution in [-0.4, -0.2) is 42.4 Å². The minimum absolute atomic E-state index is 0.692. The highest BCUT2D eigenvalue weighted by Crippen LogP contribution is 2.16. The maximum atomic E-state index is 11.3. The zero-order valence-electron chi connectivity index (χ0n) is 8.97. The first kappa shape index (κ1) is 10.9. The molecular weight excluding hydrogens is 206 g/mol. The number of hydrazine groups is 1. The van der Waals surface area contributed by atoms with Gasteiger partial charge in [0.15, 0.2) is 0 Å². The van der Waals surface area contributed by atoms with Crippen molar-refractivity contribution < 1.29 is 9.90 Å². The molecule has 0 aliphatic carbocycles. The number of rotatable bonds is 2. The van der Waals surface area contributed by atoms with Gasteiger partial charge in [-0.2, -0.15) is 0 Å². The molecule has 1 saturated heterocycles. The van der Waals surface area contributed by atoms with Gasteiger partial charge < -0.3 is 10.4 Å². The lowest BCUT2D eigenvalue weighted by molar-refractivity contribution is 0.161. The zero-order chi connectivity index (χ0) is 11.4. The summed E-state index contributed by atoms with van der Waals surface area (Å²) in [4.78, 5) is 11.3. The first-order valence-corrected chi connectivity index (χ1v) is 5.33. The highest BCUT2D eigenvalue weighted by molar-refractivity contribution is 5.84. The summed E-state index contributed by atoms with van der Waals surface area (Å²) in [7, 11) is 0. The van der Waals surface area contributed by atoms with Gasteiger partial charge in [-0.05, 0) is 12.1 Å². The summed E-state index contributed by atoms with van der Waals surface area (Å²) in [6.45, 7) is 3.05. The third-order valence-corrected chi connectivity index (χ3v) is 2.56. The Morgan fingerprint density at radius 2 is 1.88 bits per heavy atom. The van der Waals surface area contributed by atoms with E-state index in [1.54, 1.807) is 12.1 Å². The second-order valence-corrected chi connectivity index (χ2v) is 3.63. The Bertz CT molecular complexity index is 350. The Balaban J connectivity index is 2.20. The minimum atomic E-state index is -0.937. The van der Waals surface area contributed by atoms with Crippen molar-refractivity contribution in [3.05, 3.63) is 30.3 Å². The van der Waals surface area contributed by atoms with Gasteiger partial charge in [-0.15, -0.1) is 0 Å². The van der Waals surface area contributed by atoms with Crippen molar-refractivity contribution >= 4 is 11.8 Å². The average molecular weight is 221 g/mol. The molecule has 0 atom stereocenters. The molecule has 0 bridgehead atoms. The van der Waals surface area contributed by atoms with E-state index in [1.165, 1.54) is 5.01 Å². The summed E-state index contributed by atoms with van der Waals surface area (Å²) in [5.41, 5.74) is 0.692. The van der Waals surface area contributed by atoms with E-state index in [2.05, 4.69) is 5.32 Å². The molecular formula is C11H15N3O2. The quantitative estimate of drug-likeness (QED) is 0.782. The molecule has 1 aromatic carbocycles. The van der Waals surface area contributed by atoms with Crippen LogP contribution in [0.15, 0.2) is 30.3 Å².